The minimum Gasteiger partial charge on any atom is -0.307 e. The van der Waals surface area contributed by atoms with Gasteiger partial charge in [-0.15, -0.1) is 6.58 Å². The van der Waals surface area contributed by atoms with Gasteiger partial charge in [0, 0.05) is 19.0 Å². The Balaban J connectivity index is 2.46. The van der Waals surface area contributed by atoms with E-state index in [4.69, 9.17) is 0 Å². The number of hydrogen-bond acceptors (Lipinski definition) is 2. The Morgan fingerprint density at radius 3 is 3.08 bits per heavy atom. The SMILES string of the molecule is C=CCNC1C=C(CC)C(=O)C1. The molecule has 0 amide bonds. The lowest BCUT2D eigenvalue weighted by molar-refractivity contribution is -0.115. The Hall–Kier alpha value is -0.890. The van der Waals surface area contributed by atoms with Gasteiger partial charge in [0.15, 0.2) is 5.78 Å². The molecule has 0 radical (unpaired) electrons. The molecule has 0 bridgehead atoms. The fraction of sp³-hybridized carbons (Fsp3) is 0.500. The fourth-order valence-corrected chi connectivity index (χ4v) is 1.41. The van der Waals surface area contributed by atoms with Crippen LogP contribution in [0.2, 0.25) is 0 Å². The van der Waals surface area contributed by atoms with Crippen molar-refractivity contribution in [2.75, 3.05) is 6.54 Å². The number of hydrogen-bond donors (Lipinski definition) is 1. The standard InChI is InChI=1S/C10H15NO/c1-3-5-11-9-6-8(4-2)10(12)7-9/h3,6,9,11H,1,4-5,7H2,2H3. The van der Waals surface area contributed by atoms with Gasteiger partial charge >= 0.3 is 0 Å². The van der Waals surface area contributed by atoms with Crippen LogP contribution in [0.25, 0.3) is 0 Å². The van der Waals surface area contributed by atoms with Crippen LogP contribution in [0, 0.1) is 0 Å². The van der Waals surface area contributed by atoms with Crippen molar-refractivity contribution in [2.24, 2.45) is 0 Å². The molecule has 1 unspecified atom stereocenters. The summed E-state index contributed by atoms with van der Waals surface area (Å²) >= 11 is 0. The van der Waals surface area contributed by atoms with E-state index in [1.807, 2.05) is 19.1 Å². The Bertz CT molecular complexity index is 218. The number of ketones is 1. The zero-order chi connectivity index (χ0) is 8.97. The predicted molar refractivity (Wildman–Crippen MR) is 50.0 cm³/mol. The highest BCUT2D eigenvalue weighted by Gasteiger charge is 2.21. The predicted octanol–water partition coefficient (Wildman–Crippen LogP) is 1.44. The van der Waals surface area contributed by atoms with Gasteiger partial charge in [-0.1, -0.05) is 19.1 Å². The lowest BCUT2D eigenvalue weighted by atomic mass is 10.2. The molecule has 2 heteroatoms. The van der Waals surface area contributed by atoms with Gasteiger partial charge in [-0.05, 0) is 12.0 Å². The van der Waals surface area contributed by atoms with Gasteiger partial charge in [-0.3, -0.25) is 4.79 Å². The zero-order valence-electron chi connectivity index (χ0n) is 7.47. The first-order valence-corrected chi connectivity index (χ1v) is 4.36. The van der Waals surface area contributed by atoms with Crippen LogP contribution in [0.1, 0.15) is 19.8 Å². The molecular formula is C10H15NO. The fourth-order valence-electron chi connectivity index (χ4n) is 1.41. The third kappa shape index (κ3) is 2.05. The molecule has 0 saturated heterocycles. The van der Waals surface area contributed by atoms with Crippen molar-refractivity contribution in [1.82, 2.24) is 5.32 Å². The van der Waals surface area contributed by atoms with Gasteiger partial charge in [0.1, 0.15) is 0 Å². The maximum atomic E-state index is 11.2. The Labute approximate surface area is 73.4 Å². The van der Waals surface area contributed by atoms with E-state index in [0.717, 1.165) is 18.5 Å². The van der Waals surface area contributed by atoms with Gasteiger partial charge in [0.2, 0.25) is 0 Å². The normalized spacial score (nSPS) is 22.6. The van der Waals surface area contributed by atoms with E-state index in [9.17, 15) is 4.79 Å². The van der Waals surface area contributed by atoms with Crippen LogP contribution >= 0.6 is 0 Å². The first-order chi connectivity index (χ1) is 5.77. The maximum Gasteiger partial charge on any atom is 0.160 e. The molecule has 0 aliphatic heterocycles. The number of nitrogens with one attached hydrogen (secondary N) is 1. The van der Waals surface area contributed by atoms with Crippen LogP contribution in [0.15, 0.2) is 24.3 Å². The Morgan fingerprint density at radius 1 is 1.83 bits per heavy atom. The summed E-state index contributed by atoms with van der Waals surface area (Å²) in [5.41, 5.74) is 0.969. The largest absolute Gasteiger partial charge is 0.307 e. The number of carbonyl (C=O) groups is 1. The molecule has 0 fully saturated rings. The Kier molecular flexibility index (Phi) is 3.23. The van der Waals surface area contributed by atoms with Crippen molar-refractivity contribution in [3.8, 4) is 0 Å². The van der Waals surface area contributed by atoms with E-state index in [1.165, 1.54) is 0 Å². The first kappa shape index (κ1) is 9.20. The highest BCUT2D eigenvalue weighted by atomic mass is 16.1. The second-order valence-electron chi connectivity index (χ2n) is 2.98. The smallest absolute Gasteiger partial charge is 0.160 e. The van der Waals surface area contributed by atoms with Crippen LogP contribution in [0.3, 0.4) is 0 Å². The summed E-state index contributed by atoms with van der Waals surface area (Å²) in [7, 11) is 0. The topological polar surface area (TPSA) is 29.1 Å². The van der Waals surface area contributed by atoms with Gasteiger partial charge in [0.25, 0.3) is 0 Å². The van der Waals surface area contributed by atoms with Gasteiger partial charge in [-0.2, -0.15) is 0 Å². The molecule has 1 aliphatic rings. The zero-order valence-corrected chi connectivity index (χ0v) is 7.47. The quantitative estimate of drug-likeness (QED) is 0.639. The molecule has 2 nitrogen and oxygen atoms in total. The summed E-state index contributed by atoms with van der Waals surface area (Å²) in [6, 6.07) is 0.241. The number of carbonyl (C=O) groups excluding carboxylic acids is 1. The maximum absolute atomic E-state index is 11.2. The average Bonchev–Trinajstić information content (AvgIpc) is 2.43. The molecule has 12 heavy (non-hydrogen) atoms. The summed E-state index contributed by atoms with van der Waals surface area (Å²) in [5.74, 6) is 0.291. The molecule has 0 saturated carbocycles. The molecule has 0 aromatic rings. The number of rotatable bonds is 4. The summed E-state index contributed by atoms with van der Waals surface area (Å²) in [6.45, 7) is 6.39. The van der Waals surface area contributed by atoms with Crippen molar-refractivity contribution >= 4 is 5.78 Å². The minimum absolute atomic E-state index is 0.241. The molecule has 66 valence electrons. The molecule has 0 spiro atoms. The molecular weight excluding hydrogens is 150 g/mol. The van der Waals surface area contributed by atoms with E-state index in [2.05, 4.69) is 11.9 Å². The molecule has 1 N–H and O–H groups in total. The van der Waals surface area contributed by atoms with Crippen LogP contribution < -0.4 is 5.32 Å². The van der Waals surface area contributed by atoms with Crippen LogP contribution in [0.4, 0.5) is 0 Å². The molecule has 1 aliphatic carbocycles. The van der Waals surface area contributed by atoms with Crippen molar-refractivity contribution in [3.63, 3.8) is 0 Å². The van der Waals surface area contributed by atoms with Gasteiger partial charge < -0.3 is 5.32 Å². The van der Waals surface area contributed by atoms with E-state index >= 15 is 0 Å². The van der Waals surface area contributed by atoms with Crippen molar-refractivity contribution in [2.45, 2.75) is 25.8 Å². The lowest BCUT2D eigenvalue weighted by Crippen LogP contribution is -2.25. The first-order valence-electron chi connectivity index (χ1n) is 4.36. The van der Waals surface area contributed by atoms with Crippen LogP contribution in [0.5, 0.6) is 0 Å². The summed E-state index contributed by atoms with van der Waals surface area (Å²) < 4.78 is 0. The monoisotopic (exact) mass is 165 g/mol. The highest BCUT2D eigenvalue weighted by Crippen LogP contribution is 2.16. The van der Waals surface area contributed by atoms with Crippen LogP contribution in [-0.2, 0) is 4.79 Å². The lowest BCUT2D eigenvalue weighted by Gasteiger charge is -2.05. The van der Waals surface area contributed by atoms with E-state index in [-0.39, 0.29) is 6.04 Å². The average molecular weight is 165 g/mol. The van der Waals surface area contributed by atoms with E-state index in [1.54, 1.807) is 0 Å². The number of Topliss-reactive ketones (excluding diaryl/α,β-unsaturated/α-hetero) is 1. The molecule has 0 heterocycles. The molecule has 0 aromatic carbocycles. The Morgan fingerprint density at radius 2 is 2.58 bits per heavy atom. The van der Waals surface area contributed by atoms with E-state index in [0.29, 0.717) is 12.2 Å². The summed E-state index contributed by atoms with van der Waals surface area (Å²) in [5, 5.41) is 3.21. The minimum atomic E-state index is 0.241. The van der Waals surface area contributed by atoms with Gasteiger partial charge in [0.05, 0.1) is 0 Å². The third-order valence-corrected chi connectivity index (χ3v) is 2.07. The molecule has 0 aromatic heterocycles. The van der Waals surface area contributed by atoms with Crippen molar-refractivity contribution in [1.29, 1.82) is 0 Å². The second-order valence-corrected chi connectivity index (χ2v) is 2.98. The molecule has 1 atom stereocenters. The summed E-state index contributed by atoms with van der Waals surface area (Å²) in [4.78, 5) is 11.2. The van der Waals surface area contributed by atoms with Crippen molar-refractivity contribution < 1.29 is 4.79 Å². The van der Waals surface area contributed by atoms with E-state index < -0.39 is 0 Å². The highest BCUT2D eigenvalue weighted by molar-refractivity contribution is 5.98. The number of allylic oxidation sites excluding steroid dienone is 1. The molecule has 1 rings (SSSR count). The van der Waals surface area contributed by atoms with Gasteiger partial charge in [-0.25, -0.2) is 0 Å². The summed E-state index contributed by atoms with van der Waals surface area (Å²) in [6.07, 6.45) is 5.32. The van der Waals surface area contributed by atoms with Crippen LogP contribution in [-0.4, -0.2) is 18.4 Å². The van der Waals surface area contributed by atoms with Crippen molar-refractivity contribution in [3.05, 3.63) is 24.3 Å². The third-order valence-electron chi connectivity index (χ3n) is 2.07. The second kappa shape index (κ2) is 4.21.